The van der Waals surface area contributed by atoms with Crippen LogP contribution in [0.5, 0.6) is 17.5 Å². The minimum Gasteiger partial charge on any atom is -0.481 e. The summed E-state index contributed by atoms with van der Waals surface area (Å²) in [4.78, 5) is 7.83. The zero-order valence-electron chi connectivity index (χ0n) is 13.5. The summed E-state index contributed by atoms with van der Waals surface area (Å²) in [5.41, 5.74) is 0.926. The lowest BCUT2D eigenvalue weighted by molar-refractivity contribution is -0.135. The average Bonchev–Trinajstić information content (AvgIpc) is 2.58. The maximum atomic E-state index is 12.3. The molecule has 0 N–H and O–H groups in total. The summed E-state index contributed by atoms with van der Waals surface area (Å²) in [5, 5.41) is 9.25. The van der Waals surface area contributed by atoms with Crippen LogP contribution in [0, 0.1) is 11.3 Å². The zero-order valence-corrected chi connectivity index (χ0v) is 13.5. The summed E-state index contributed by atoms with van der Waals surface area (Å²) in [6, 6.07) is 8.42. The number of rotatable bonds is 7. The van der Waals surface area contributed by atoms with E-state index in [1.54, 1.807) is 18.2 Å². The molecule has 0 amide bonds. The molecular formula is C17H16F3N3O2. The largest absolute Gasteiger partial charge is 0.481 e. The Morgan fingerprint density at radius 1 is 1.16 bits per heavy atom. The second-order valence-electron chi connectivity index (χ2n) is 5.22. The Labute approximate surface area is 143 Å². The van der Waals surface area contributed by atoms with Gasteiger partial charge in [0.1, 0.15) is 12.1 Å². The van der Waals surface area contributed by atoms with Crippen LogP contribution in [0.2, 0.25) is 0 Å². The van der Waals surface area contributed by atoms with Crippen LogP contribution in [0.1, 0.15) is 30.4 Å². The van der Waals surface area contributed by atoms with E-state index >= 15 is 0 Å². The molecule has 0 fully saturated rings. The standard InChI is InChI=1S/C17H16F3N3O2/c1-24-15-9-16(23-11-22-15)25-14-7-4-5-12(10-21)13(14)6-2-3-8-17(18,19)20/h4-5,7,9,11H,2-3,6,8H2,1H3. The SMILES string of the molecule is COc1cc(Oc2cccc(C#N)c2CCCCC(F)(F)F)ncn1. The molecule has 0 aliphatic heterocycles. The predicted molar refractivity (Wildman–Crippen MR) is 83.4 cm³/mol. The first-order valence-corrected chi connectivity index (χ1v) is 7.55. The van der Waals surface area contributed by atoms with Gasteiger partial charge in [-0.2, -0.15) is 18.4 Å². The molecule has 2 rings (SSSR count). The van der Waals surface area contributed by atoms with E-state index in [9.17, 15) is 18.4 Å². The Hall–Kier alpha value is -2.82. The van der Waals surface area contributed by atoms with Crippen molar-refractivity contribution in [3.63, 3.8) is 0 Å². The van der Waals surface area contributed by atoms with Crippen molar-refractivity contribution >= 4 is 0 Å². The number of nitrogens with zero attached hydrogens (tertiary/aromatic N) is 3. The number of halogens is 3. The van der Waals surface area contributed by atoms with Gasteiger partial charge in [-0.1, -0.05) is 6.07 Å². The molecule has 0 bridgehead atoms. The number of aromatic nitrogens is 2. The molecule has 0 atom stereocenters. The Kier molecular flexibility index (Phi) is 6.17. The highest BCUT2D eigenvalue weighted by Gasteiger charge is 2.26. The molecule has 0 aliphatic carbocycles. The van der Waals surface area contributed by atoms with Gasteiger partial charge in [-0.3, -0.25) is 0 Å². The molecule has 0 saturated carbocycles. The number of benzene rings is 1. The number of ether oxygens (including phenoxy) is 2. The number of methoxy groups -OCH3 is 1. The van der Waals surface area contributed by atoms with Crippen LogP contribution in [0.3, 0.4) is 0 Å². The smallest absolute Gasteiger partial charge is 0.389 e. The van der Waals surface area contributed by atoms with Gasteiger partial charge in [0.25, 0.3) is 0 Å². The van der Waals surface area contributed by atoms with Gasteiger partial charge in [-0.05, 0) is 31.4 Å². The Balaban J connectivity index is 2.16. The fourth-order valence-corrected chi connectivity index (χ4v) is 2.25. The topological polar surface area (TPSA) is 68.0 Å². The van der Waals surface area contributed by atoms with Crippen LogP contribution in [-0.2, 0) is 6.42 Å². The summed E-state index contributed by atoms with van der Waals surface area (Å²) in [6.07, 6.45) is -3.17. The van der Waals surface area contributed by atoms with Crippen molar-refractivity contribution in [2.24, 2.45) is 0 Å². The monoisotopic (exact) mass is 351 g/mol. The number of hydrogen-bond acceptors (Lipinski definition) is 5. The van der Waals surface area contributed by atoms with E-state index < -0.39 is 12.6 Å². The van der Waals surface area contributed by atoms with E-state index in [0.717, 1.165) is 0 Å². The van der Waals surface area contributed by atoms with Crippen LogP contribution in [0.25, 0.3) is 0 Å². The van der Waals surface area contributed by atoms with E-state index in [0.29, 0.717) is 35.6 Å². The quantitative estimate of drug-likeness (QED) is 0.691. The molecule has 0 spiro atoms. The first-order valence-electron chi connectivity index (χ1n) is 7.55. The summed E-state index contributed by atoms with van der Waals surface area (Å²) >= 11 is 0. The Bertz CT molecular complexity index is 758. The number of alkyl halides is 3. The molecule has 132 valence electrons. The van der Waals surface area contributed by atoms with Crippen molar-refractivity contribution in [1.82, 2.24) is 9.97 Å². The van der Waals surface area contributed by atoms with E-state index in [-0.39, 0.29) is 12.3 Å². The first-order chi connectivity index (χ1) is 11.9. The minimum absolute atomic E-state index is 0.00989. The zero-order chi connectivity index (χ0) is 18.3. The third kappa shape index (κ3) is 5.64. The van der Waals surface area contributed by atoms with E-state index in [1.165, 1.54) is 19.5 Å². The van der Waals surface area contributed by atoms with E-state index in [4.69, 9.17) is 9.47 Å². The van der Waals surface area contributed by atoms with E-state index in [1.807, 2.05) is 6.07 Å². The summed E-state index contributed by atoms with van der Waals surface area (Å²) < 4.78 is 47.5. The van der Waals surface area contributed by atoms with Gasteiger partial charge in [0.05, 0.1) is 24.8 Å². The molecule has 0 radical (unpaired) electrons. The number of unbranched alkanes of at least 4 members (excludes halogenated alkanes) is 1. The second-order valence-corrected chi connectivity index (χ2v) is 5.22. The maximum absolute atomic E-state index is 12.3. The molecule has 0 saturated heterocycles. The van der Waals surface area contributed by atoms with Gasteiger partial charge in [0.2, 0.25) is 11.8 Å². The molecule has 25 heavy (non-hydrogen) atoms. The van der Waals surface area contributed by atoms with Crippen molar-refractivity contribution < 1.29 is 22.6 Å². The van der Waals surface area contributed by atoms with Crippen LogP contribution < -0.4 is 9.47 Å². The minimum atomic E-state index is -4.18. The van der Waals surface area contributed by atoms with E-state index in [2.05, 4.69) is 9.97 Å². The molecule has 1 aromatic heterocycles. The summed E-state index contributed by atoms with van der Waals surface area (Å²) in [6.45, 7) is 0. The van der Waals surface area contributed by atoms with Gasteiger partial charge in [-0.25, -0.2) is 9.97 Å². The van der Waals surface area contributed by atoms with Crippen LogP contribution in [0.4, 0.5) is 13.2 Å². The molecule has 1 aromatic carbocycles. The molecule has 5 nitrogen and oxygen atoms in total. The van der Waals surface area contributed by atoms with Crippen molar-refractivity contribution in [2.45, 2.75) is 31.9 Å². The van der Waals surface area contributed by atoms with Gasteiger partial charge in [0, 0.05) is 12.0 Å². The highest BCUT2D eigenvalue weighted by Crippen LogP contribution is 2.30. The average molecular weight is 351 g/mol. The van der Waals surface area contributed by atoms with Crippen molar-refractivity contribution in [3.8, 4) is 23.6 Å². The second kappa shape index (κ2) is 8.33. The fraction of sp³-hybridized carbons (Fsp3) is 0.353. The third-order valence-electron chi connectivity index (χ3n) is 3.43. The number of hydrogen-bond donors (Lipinski definition) is 0. The lowest BCUT2D eigenvalue weighted by Gasteiger charge is -2.12. The fourth-order valence-electron chi connectivity index (χ4n) is 2.25. The lowest BCUT2D eigenvalue weighted by atomic mass is 10.0. The normalized spacial score (nSPS) is 11.0. The summed E-state index contributed by atoms with van der Waals surface area (Å²) in [5.74, 6) is 0.915. The highest BCUT2D eigenvalue weighted by molar-refractivity contribution is 5.48. The van der Waals surface area contributed by atoms with Gasteiger partial charge in [-0.15, -0.1) is 0 Å². The van der Waals surface area contributed by atoms with Crippen LogP contribution in [-0.4, -0.2) is 23.3 Å². The number of nitriles is 1. The summed E-state index contributed by atoms with van der Waals surface area (Å²) in [7, 11) is 1.45. The molecule has 2 aromatic rings. The highest BCUT2D eigenvalue weighted by atomic mass is 19.4. The van der Waals surface area contributed by atoms with Crippen LogP contribution in [0.15, 0.2) is 30.6 Å². The first kappa shape index (κ1) is 18.5. The van der Waals surface area contributed by atoms with Crippen molar-refractivity contribution in [2.75, 3.05) is 7.11 Å². The molecule has 1 heterocycles. The third-order valence-corrected chi connectivity index (χ3v) is 3.43. The molecule has 0 unspecified atom stereocenters. The predicted octanol–water partition coefficient (Wildman–Crippen LogP) is 4.42. The molecule has 8 heteroatoms. The molecule has 0 aliphatic rings. The van der Waals surface area contributed by atoms with Gasteiger partial charge >= 0.3 is 6.18 Å². The van der Waals surface area contributed by atoms with Gasteiger partial charge < -0.3 is 9.47 Å². The van der Waals surface area contributed by atoms with Crippen LogP contribution >= 0.6 is 0 Å². The van der Waals surface area contributed by atoms with Crippen molar-refractivity contribution in [1.29, 1.82) is 5.26 Å². The van der Waals surface area contributed by atoms with Crippen molar-refractivity contribution in [3.05, 3.63) is 41.7 Å². The molecular weight excluding hydrogens is 335 g/mol. The lowest BCUT2D eigenvalue weighted by Crippen LogP contribution is -2.07. The Morgan fingerprint density at radius 3 is 2.60 bits per heavy atom. The van der Waals surface area contributed by atoms with Gasteiger partial charge in [0.15, 0.2) is 0 Å². The Morgan fingerprint density at radius 2 is 1.92 bits per heavy atom. The maximum Gasteiger partial charge on any atom is 0.389 e.